The molecule has 0 aromatic carbocycles. The second-order valence-electron chi connectivity index (χ2n) is 3.92. The molecule has 52 valence electrons. The Balaban J connectivity index is 2.07. The standard InChI is InChI=1S/C8H14O/c1-8-4-2-3-7(9)6(8)5-8/h6-7,9H,2-5H2,1H3/t6?,7-,8?/m1/s1. The number of rotatable bonds is 0. The van der Waals surface area contributed by atoms with Gasteiger partial charge in [-0.3, -0.25) is 0 Å². The minimum Gasteiger partial charge on any atom is -0.393 e. The molecule has 2 fully saturated rings. The van der Waals surface area contributed by atoms with Gasteiger partial charge in [-0.25, -0.2) is 0 Å². The number of fused-ring (bicyclic) bond motifs is 1. The molecule has 3 atom stereocenters. The second-order valence-corrected chi connectivity index (χ2v) is 3.92. The van der Waals surface area contributed by atoms with Crippen LogP contribution in [-0.2, 0) is 0 Å². The number of hydrogen-bond donors (Lipinski definition) is 1. The van der Waals surface area contributed by atoms with E-state index in [2.05, 4.69) is 6.92 Å². The Morgan fingerprint density at radius 3 is 2.89 bits per heavy atom. The molecule has 1 nitrogen and oxygen atoms in total. The van der Waals surface area contributed by atoms with Gasteiger partial charge >= 0.3 is 0 Å². The monoisotopic (exact) mass is 126 g/mol. The lowest BCUT2D eigenvalue weighted by Gasteiger charge is -2.21. The maximum atomic E-state index is 9.38. The Labute approximate surface area is 56.1 Å². The van der Waals surface area contributed by atoms with E-state index in [0.29, 0.717) is 11.3 Å². The smallest absolute Gasteiger partial charge is 0.0573 e. The third kappa shape index (κ3) is 0.710. The zero-order valence-corrected chi connectivity index (χ0v) is 5.93. The molecule has 2 saturated carbocycles. The lowest BCUT2D eigenvalue weighted by molar-refractivity contribution is 0.0977. The van der Waals surface area contributed by atoms with Crippen LogP contribution in [0, 0.1) is 11.3 Å². The SMILES string of the molecule is CC12CCC[C@@H](O)C1C2. The van der Waals surface area contributed by atoms with Crippen LogP contribution >= 0.6 is 0 Å². The third-order valence-electron chi connectivity index (χ3n) is 3.13. The van der Waals surface area contributed by atoms with Crippen molar-refractivity contribution >= 4 is 0 Å². The molecule has 0 heterocycles. The van der Waals surface area contributed by atoms with Crippen LogP contribution in [0.4, 0.5) is 0 Å². The van der Waals surface area contributed by atoms with Crippen LogP contribution in [0.15, 0.2) is 0 Å². The van der Waals surface area contributed by atoms with E-state index in [4.69, 9.17) is 0 Å². The van der Waals surface area contributed by atoms with Crippen molar-refractivity contribution in [1.29, 1.82) is 0 Å². The first-order chi connectivity index (χ1) is 4.22. The molecular formula is C8H14O. The summed E-state index contributed by atoms with van der Waals surface area (Å²) in [5.74, 6) is 0.672. The molecule has 0 aromatic heterocycles. The Morgan fingerprint density at radius 2 is 2.33 bits per heavy atom. The fraction of sp³-hybridized carbons (Fsp3) is 1.00. The van der Waals surface area contributed by atoms with Crippen LogP contribution in [0.3, 0.4) is 0 Å². The summed E-state index contributed by atoms with van der Waals surface area (Å²) in [5.41, 5.74) is 0.567. The van der Waals surface area contributed by atoms with Gasteiger partial charge in [0.1, 0.15) is 0 Å². The molecule has 0 aromatic rings. The van der Waals surface area contributed by atoms with Crippen molar-refractivity contribution in [2.24, 2.45) is 11.3 Å². The predicted molar refractivity (Wildman–Crippen MR) is 36.1 cm³/mol. The highest BCUT2D eigenvalue weighted by molar-refractivity contribution is 5.04. The van der Waals surface area contributed by atoms with Crippen molar-refractivity contribution in [2.75, 3.05) is 0 Å². The van der Waals surface area contributed by atoms with Crippen molar-refractivity contribution < 1.29 is 5.11 Å². The fourth-order valence-corrected chi connectivity index (χ4v) is 2.25. The average Bonchev–Trinajstić information content (AvgIpc) is 2.43. The molecule has 2 aliphatic rings. The molecule has 9 heavy (non-hydrogen) atoms. The molecule has 2 unspecified atom stereocenters. The number of aliphatic hydroxyl groups excluding tert-OH is 1. The van der Waals surface area contributed by atoms with Crippen LogP contribution in [0.1, 0.15) is 32.6 Å². The summed E-state index contributed by atoms with van der Waals surface area (Å²) in [5, 5.41) is 9.38. The first-order valence-corrected chi connectivity index (χ1v) is 3.90. The molecular weight excluding hydrogens is 112 g/mol. The molecule has 0 spiro atoms. The maximum Gasteiger partial charge on any atom is 0.0573 e. The van der Waals surface area contributed by atoms with E-state index in [1.807, 2.05) is 0 Å². The topological polar surface area (TPSA) is 20.2 Å². The van der Waals surface area contributed by atoms with E-state index in [1.165, 1.54) is 19.3 Å². The molecule has 0 amide bonds. The molecule has 1 N–H and O–H groups in total. The Morgan fingerprint density at radius 1 is 1.56 bits per heavy atom. The van der Waals surface area contributed by atoms with Gasteiger partial charge < -0.3 is 5.11 Å². The van der Waals surface area contributed by atoms with Gasteiger partial charge in [-0.15, -0.1) is 0 Å². The van der Waals surface area contributed by atoms with Crippen molar-refractivity contribution in [3.8, 4) is 0 Å². The summed E-state index contributed by atoms with van der Waals surface area (Å²) in [6, 6.07) is 0. The van der Waals surface area contributed by atoms with Gasteiger partial charge in [-0.05, 0) is 30.6 Å². The largest absolute Gasteiger partial charge is 0.393 e. The summed E-state index contributed by atoms with van der Waals surface area (Å²) in [6.45, 7) is 2.31. The summed E-state index contributed by atoms with van der Waals surface area (Å²) in [7, 11) is 0. The summed E-state index contributed by atoms with van der Waals surface area (Å²) in [4.78, 5) is 0. The molecule has 0 saturated heterocycles. The normalized spacial score (nSPS) is 56.7. The quantitative estimate of drug-likeness (QED) is 0.522. The van der Waals surface area contributed by atoms with Crippen molar-refractivity contribution in [1.82, 2.24) is 0 Å². The molecule has 2 aliphatic carbocycles. The number of hydrogen-bond acceptors (Lipinski definition) is 1. The van der Waals surface area contributed by atoms with Gasteiger partial charge in [0.2, 0.25) is 0 Å². The average molecular weight is 126 g/mol. The van der Waals surface area contributed by atoms with Crippen LogP contribution < -0.4 is 0 Å². The lowest BCUT2D eigenvalue weighted by atomic mass is 9.88. The van der Waals surface area contributed by atoms with E-state index >= 15 is 0 Å². The minimum absolute atomic E-state index is 0.0451. The summed E-state index contributed by atoms with van der Waals surface area (Å²) in [6.07, 6.45) is 4.99. The van der Waals surface area contributed by atoms with Crippen molar-refractivity contribution in [2.45, 2.75) is 38.7 Å². The van der Waals surface area contributed by atoms with Gasteiger partial charge in [-0.2, -0.15) is 0 Å². The van der Waals surface area contributed by atoms with Gasteiger partial charge in [0, 0.05) is 0 Å². The van der Waals surface area contributed by atoms with E-state index in [0.717, 1.165) is 6.42 Å². The van der Waals surface area contributed by atoms with Crippen LogP contribution in [0.2, 0.25) is 0 Å². The van der Waals surface area contributed by atoms with E-state index < -0.39 is 0 Å². The Bertz CT molecular complexity index is 133. The van der Waals surface area contributed by atoms with E-state index in [9.17, 15) is 5.11 Å². The second kappa shape index (κ2) is 1.51. The first kappa shape index (κ1) is 5.72. The van der Waals surface area contributed by atoms with Gasteiger partial charge in [0.05, 0.1) is 6.10 Å². The van der Waals surface area contributed by atoms with Crippen LogP contribution in [0.25, 0.3) is 0 Å². The summed E-state index contributed by atoms with van der Waals surface area (Å²) < 4.78 is 0. The predicted octanol–water partition coefficient (Wildman–Crippen LogP) is 1.56. The first-order valence-electron chi connectivity index (χ1n) is 3.90. The molecule has 0 aliphatic heterocycles. The van der Waals surface area contributed by atoms with Crippen molar-refractivity contribution in [3.05, 3.63) is 0 Å². The Kier molecular flexibility index (Phi) is 0.963. The van der Waals surface area contributed by atoms with Crippen molar-refractivity contribution in [3.63, 3.8) is 0 Å². The van der Waals surface area contributed by atoms with Crippen LogP contribution in [-0.4, -0.2) is 11.2 Å². The van der Waals surface area contributed by atoms with Gasteiger partial charge in [-0.1, -0.05) is 13.3 Å². The Hall–Kier alpha value is -0.0400. The van der Waals surface area contributed by atoms with E-state index in [1.54, 1.807) is 0 Å². The third-order valence-corrected chi connectivity index (χ3v) is 3.13. The van der Waals surface area contributed by atoms with Gasteiger partial charge in [0.25, 0.3) is 0 Å². The van der Waals surface area contributed by atoms with Crippen LogP contribution in [0.5, 0.6) is 0 Å². The lowest BCUT2D eigenvalue weighted by Crippen LogP contribution is -2.19. The molecule has 1 heteroatoms. The highest BCUT2D eigenvalue weighted by atomic mass is 16.3. The zero-order chi connectivity index (χ0) is 6.48. The highest BCUT2D eigenvalue weighted by Gasteiger charge is 2.54. The number of aliphatic hydroxyl groups is 1. The maximum absolute atomic E-state index is 9.38. The highest BCUT2D eigenvalue weighted by Crippen LogP contribution is 2.60. The molecule has 2 rings (SSSR count). The summed E-state index contributed by atoms with van der Waals surface area (Å²) >= 11 is 0. The molecule has 0 radical (unpaired) electrons. The van der Waals surface area contributed by atoms with E-state index in [-0.39, 0.29) is 6.10 Å². The zero-order valence-electron chi connectivity index (χ0n) is 5.93. The van der Waals surface area contributed by atoms with Gasteiger partial charge in [0.15, 0.2) is 0 Å². The fourth-order valence-electron chi connectivity index (χ4n) is 2.25. The molecule has 0 bridgehead atoms. The minimum atomic E-state index is 0.0451.